The highest BCUT2D eigenvalue weighted by Crippen LogP contribution is 2.39. The van der Waals surface area contributed by atoms with Crippen molar-refractivity contribution in [3.8, 4) is 0 Å². The van der Waals surface area contributed by atoms with Gasteiger partial charge in [0.25, 0.3) is 0 Å². The molecule has 1 spiro atoms. The standard InChI is InChI=1S/C10H16O3/c1-7-5-10(6-8(2)12-7)4-3-9(11)13-10/h7-8H,3-6H2,1-2H3. The fourth-order valence-corrected chi connectivity index (χ4v) is 2.58. The van der Waals surface area contributed by atoms with E-state index in [-0.39, 0.29) is 23.8 Å². The van der Waals surface area contributed by atoms with Gasteiger partial charge in [-0.3, -0.25) is 4.79 Å². The Hall–Kier alpha value is -0.570. The molecule has 2 fully saturated rings. The molecule has 2 saturated heterocycles. The first kappa shape index (κ1) is 9.00. The van der Waals surface area contributed by atoms with Crippen molar-refractivity contribution in [2.24, 2.45) is 0 Å². The topological polar surface area (TPSA) is 35.5 Å². The smallest absolute Gasteiger partial charge is 0.306 e. The average molecular weight is 184 g/mol. The summed E-state index contributed by atoms with van der Waals surface area (Å²) in [6, 6.07) is 0. The van der Waals surface area contributed by atoms with Crippen molar-refractivity contribution in [2.45, 2.75) is 57.3 Å². The van der Waals surface area contributed by atoms with Crippen LogP contribution in [0.15, 0.2) is 0 Å². The van der Waals surface area contributed by atoms with Crippen LogP contribution < -0.4 is 0 Å². The average Bonchev–Trinajstić information content (AvgIpc) is 2.28. The second kappa shape index (κ2) is 2.98. The second-order valence-corrected chi connectivity index (χ2v) is 4.32. The lowest BCUT2D eigenvalue weighted by Gasteiger charge is -2.38. The minimum atomic E-state index is -0.186. The van der Waals surface area contributed by atoms with Crippen molar-refractivity contribution < 1.29 is 14.3 Å². The zero-order chi connectivity index (χ0) is 9.47. The molecule has 2 unspecified atom stereocenters. The van der Waals surface area contributed by atoms with E-state index in [4.69, 9.17) is 9.47 Å². The largest absolute Gasteiger partial charge is 0.459 e. The summed E-state index contributed by atoms with van der Waals surface area (Å²) in [6.45, 7) is 4.09. The number of ether oxygens (including phenoxy) is 2. The van der Waals surface area contributed by atoms with Gasteiger partial charge >= 0.3 is 5.97 Å². The highest BCUT2D eigenvalue weighted by molar-refractivity contribution is 5.72. The normalized spacial score (nSPS) is 45.2. The number of carbonyl (C=O) groups excluding carboxylic acids is 1. The predicted octanol–water partition coefficient (Wildman–Crippen LogP) is 1.65. The van der Waals surface area contributed by atoms with Gasteiger partial charge in [-0.1, -0.05) is 0 Å². The van der Waals surface area contributed by atoms with Gasteiger partial charge < -0.3 is 9.47 Å². The van der Waals surface area contributed by atoms with Gasteiger partial charge in [0.2, 0.25) is 0 Å². The van der Waals surface area contributed by atoms with E-state index in [1.54, 1.807) is 0 Å². The minimum Gasteiger partial charge on any atom is -0.459 e. The summed E-state index contributed by atoms with van der Waals surface area (Å²) >= 11 is 0. The molecule has 0 aromatic rings. The lowest BCUT2D eigenvalue weighted by molar-refractivity contribution is -0.167. The molecule has 0 aromatic heterocycles. The molecule has 2 atom stereocenters. The number of rotatable bonds is 0. The maximum Gasteiger partial charge on any atom is 0.306 e. The molecule has 0 aromatic carbocycles. The van der Waals surface area contributed by atoms with Crippen molar-refractivity contribution in [1.29, 1.82) is 0 Å². The van der Waals surface area contributed by atoms with Crippen LogP contribution in [0.2, 0.25) is 0 Å². The number of hydrogen-bond acceptors (Lipinski definition) is 3. The van der Waals surface area contributed by atoms with Gasteiger partial charge in [-0.25, -0.2) is 0 Å². The summed E-state index contributed by atoms with van der Waals surface area (Å²) in [6.07, 6.45) is 3.62. The van der Waals surface area contributed by atoms with Gasteiger partial charge in [0, 0.05) is 19.3 Å². The monoisotopic (exact) mass is 184 g/mol. The summed E-state index contributed by atoms with van der Waals surface area (Å²) < 4.78 is 11.0. The van der Waals surface area contributed by atoms with Crippen molar-refractivity contribution in [3.05, 3.63) is 0 Å². The zero-order valence-corrected chi connectivity index (χ0v) is 8.21. The maximum absolute atomic E-state index is 11.1. The van der Waals surface area contributed by atoms with Gasteiger partial charge in [-0.15, -0.1) is 0 Å². The summed E-state index contributed by atoms with van der Waals surface area (Å²) in [4.78, 5) is 11.1. The van der Waals surface area contributed by atoms with Crippen LogP contribution >= 0.6 is 0 Å². The van der Waals surface area contributed by atoms with E-state index in [2.05, 4.69) is 0 Å². The Morgan fingerprint density at radius 1 is 1.31 bits per heavy atom. The molecule has 3 heteroatoms. The van der Waals surface area contributed by atoms with E-state index in [0.717, 1.165) is 19.3 Å². The molecule has 74 valence electrons. The molecule has 2 aliphatic heterocycles. The van der Waals surface area contributed by atoms with Crippen LogP contribution in [0.1, 0.15) is 39.5 Å². The first-order chi connectivity index (χ1) is 6.10. The van der Waals surface area contributed by atoms with Gasteiger partial charge in [0.1, 0.15) is 5.60 Å². The van der Waals surface area contributed by atoms with Crippen LogP contribution in [0.25, 0.3) is 0 Å². The van der Waals surface area contributed by atoms with Crippen molar-refractivity contribution in [3.63, 3.8) is 0 Å². The third-order valence-electron chi connectivity index (χ3n) is 2.90. The van der Waals surface area contributed by atoms with Crippen LogP contribution in [0.3, 0.4) is 0 Å². The molecular formula is C10H16O3. The molecule has 3 nitrogen and oxygen atoms in total. The molecule has 0 bridgehead atoms. The SMILES string of the molecule is CC1CC2(CCC(=O)O2)CC(C)O1. The fourth-order valence-electron chi connectivity index (χ4n) is 2.58. The van der Waals surface area contributed by atoms with Crippen LogP contribution in [0.4, 0.5) is 0 Å². The van der Waals surface area contributed by atoms with E-state index in [1.165, 1.54) is 0 Å². The molecule has 0 radical (unpaired) electrons. The number of esters is 1. The third kappa shape index (κ3) is 1.70. The molecule has 13 heavy (non-hydrogen) atoms. The van der Waals surface area contributed by atoms with Crippen LogP contribution in [-0.2, 0) is 14.3 Å². The Labute approximate surface area is 78.4 Å². The minimum absolute atomic E-state index is 0.0405. The summed E-state index contributed by atoms with van der Waals surface area (Å²) in [7, 11) is 0. The third-order valence-corrected chi connectivity index (χ3v) is 2.90. The van der Waals surface area contributed by atoms with Crippen molar-refractivity contribution in [2.75, 3.05) is 0 Å². The Morgan fingerprint density at radius 3 is 2.38 bits per heavy atom. The molecule has 2 rings (SSSR count). The second-order valence-electron chi connectivity index (χ2n) is 4.32. The Kier molecular flexibility index (Phi) is 2.06. The zero-order valence-electron chi connectivity index (χ0n) is 8.21. The Bertz CT molecular complexity index is 214. The fraction of sp³-hybridized carbons (Fsp3) is 0.900. The Morgan fingerprint density at radius 2 is 1.92 bits per heavy atom. The van der Waals surface area contributed by atoms with E-state index in [1.807, 2.05) is 13.8 Å². The van der Waals surface area contributed by atoms with E-state index in [0.29, 0.717) is 6.42 Å². The van der Waals surface area contributed by atoms with E-state index >= 15 is 0 Å². The molecule has 0 saturated carbocycles. The maximum atomic E-state index is 11.1. The molecule has 0 N–H and O–H groups in total. The van der Waals surface area contributed by atoms with Crippen LogP contribution in [0, 0.1) is 0 Å². The molecular weight excluding hydrogens is 168 g/mol. The van der Waals surface area contributed by atoms with Crippen molar-refractivity contribution in [1.82, 2.24) is 0 Å². The lowest BCUT2D eigenvalue weighted by Crippen LogP contribution is -2.43. The summed E-state index contributed by atoms with van der Waals surface area (Å²) in [5, 5.41) is 0. The van der Waals surface area contributed by atoms with Gasteiger partial charge in [-0.05, 0) is 20.3 Å². The highest BCUT2D eigenvalue weighted by Gasteiger charge is 2.45. The molecule has 2 aliphatic rings. The quantitative estimate of drug-likeness (QED) is 0.537. The van der Waals surface area contributed by atoms with Gasteiger partial charge in [0.05, 0.1) is 12.2 Å². The van der Waals surface area contributed by atoms with E-state index < -0.39 is 0 Å². The lowest BCUT2D eigenvalue weighted by atomic mass is 9.85. The summed E-state index contributed by atoms with van der Waals surface area (Å²) in [5.74, 6) is -0.0405. The van der Waals surface area contributed by atoms with Gasteiger partial charge in [-0.2, -0.15) is 0 Å². The predicted molar refractivity (Wildman–Crippen MR) is 47.3 cm³/mol. The number of hydrogen-bond donors (Lipinski definition) is 0. The first-order valence-electron chi connectivity index (χ1n) is 4.97. The molecule has 0 amide bonds. The van der Waals surface area contributed by atoms with Crippen molar-refractivity contribution >= 4 is 5.97 Å². The Balaban J connectivity index is 2.09. The highest BCUT2D eigenvalue weighted by atomic mass is 16.6. The molecule has 2 heterocycles. The summed E-state index contributed by atoms with van der Waals surface area (Å²) in [5.41, 5.74) is -0.186. The number of carbonyl (C=O) groups is 1. The van der Waals surface area contributed by atoms with Gasteiger partial charge in [0.15, 0.2) is 0 Å². The molecule has 0 aliphatic carbocycles. The van der Waals surface area contributed by atoms with E-state index in [9.17, 15) is 4.79 Å². The van der Waals surface area contributed by atoms with Crippen LogP contribution in [0.5, 0.6) is 0 Å². The van der Waals surface area contributed by atoms with Crippen LogP contribution in [-0.4, -0.2) is 23.8 Å². The first-order valence-corrected chi connectivity index (χ1v) is 4.97.